The summed E-state index contributed by atoms with van der Waals surface area (Å²) in [4.78, 5) is 4.62. The molecule has 2 N–H and O–H groups in total. The summed E-state index contributed by atoms with van der Waals surface area (Å²) in [6, 6.07) is 0.755. The second-order valence-electron chi connectivity index (χ2n) is 4.90. The highest BCUT2D eigenvalue weighted by Crippen LogP contribution is 2.34. The number of ether oxygens (including phenoxy) is 2. The van der Waals surface area contributed by atoms with Crippen molar-refractivity contribution in [2.45, 2.75) is 31.2 Å². The lowest BCUT2D eigenvalue weighted by Gasteiger charge is -2.34. The Morgan fingerprint density at radius 2 is 2.18 bits per heavy atom. The average molecular weight is 237 g/mol. The number of aryl methyl sites for hydroxylation is 1. The predicted molar refractivity (Wildman–Crippen MR) is 63.1 cm³/mol. The highest BCUT2D eigenvalue weighted by molar-refractivity contribution is 5.21. The maximum atomic E-state index is 5.98. The van der Waals surface area contributed by atoms with E-state index in [-0.39, 0.29) is 5.41 Å². The minimum absolute atomic E-state index is 0.00799. The molecular formula is C12H19N3O2. The van der Waals surface area contributed by atoms with Gasteiger partial charge in [0, 0.05) is 37.9 Å². The minimum Gasteiger partial charge on any atom is -0.465 e. The first-order valence-corrected chi connectivity index (χ1v) is 6.32. The lowest BCUT2D eigenvalue weighted by molar-refractivity contribution is 0.0515. The molecule has 0 bridgehead atoms. The molecule has 0 amide bonds. The topological polar surface area (TPSA) is 62.3 Å². The molecule has 1 fully saturated rings. The van der Waals surface area contributed by atoms with Gasteiger partial charge in [-0.3, -0.25) is 0 Å². The molecule has 1 aromatic heterocycles. The van der Waals surface area contributed by atoms with Crippen LogP contribution in [-0.4, -0.2) is 35.9 Å². The third kappa shape index (κ3) is 1.83. The molecule has 0 unspecified atom stereocenters. The average Bonchev–Trinajstić information content (AvgIpc) is 2.84. The Kier molecular flexibility index (Phi) is 2.80. The standard InChI is InChI=1S/C12H19N3O2/c13-9-12(2-6-16-7-3-12)10-8-15-4-1-5-17-11(15)14-10/h8H,1-7,9,13H2. The quantitative estimate of drug-likeness (QED) is 0.821. The Hall–Kier alpha value is -1.07. The Balaban J connectivity index is 1.93. The molecule has 0 spiro atoms. The number of nitrogens with two attached hydrogens (primary N) is 1. The largest absolute Gasteiger partial charge is 0.465 e. The van der Waals surface area contributed by atoms with Crippen LogP contribution in [0.3, 0.4) is 0 Å². The van der Waals surface area contributed by atoms with Crippen molar-refractivity contribution in [3.05, 3.63) is 11.9 Å². The normalized spacial score (nSPS) is 22.9. The molecule has 0 saturated carbocycles. The summed E-state index contributed by atoms with van der Waals surface area (Å²) in [5.74, 6) is 0. The number of fused-ring (bicyclic) bond motifs is 1. The number of nitrogens with zero attached hydrogens (tertiary/aromatic N) is 2. The van der Waals surface area contributed by atoms with Crippen molar-refractivity contribution in [2.24, 2.45) is 5.73 Å². The van der Waals surface area contributed by atoms with Gasteiger partial charge in [-0.15, -0.1) is 0 Å². The molecule has 2 aliphatic heterocycles. The second kappa shape index (κ2) is 4.31. The summed E-state index contributed by atoms with van der Waals surface area (Å²) >= 11 is 0. The van der Waals surface area contributed by atoms with Crippen molar-refractivity contribution >= 4 is 0 Å². The van der Waals surface area contributed by atoms with Crippen LogP contribution in [0.4, 0.5) is 0 Å². The molecular weight excluding hydrogens is 218 g/mol. The van der Waals surface area contributed by atoms with Crippen LogP contribution in [0.5, 0.6) is 6.01 Å². The van der Waals surface area contributed by atoms with Gasteiger partial charge in [0.25, 0.3) is 6.01 Å². The maximum absolute atomic E-state index is 5.98. The molecule has 5 heteroatoms. The van der Waals surface area contributed by atoms with Crippen LogP contribution in [0.25, 0.3) is 0 Å². The van der Waals surface area contributed by atoms with E-state index in [1.807, 2.05) is 0 Å². The van der Waals surface area contributed by atoms with E-state index < -0.39 is 0 Å². The molecule has 2 aliphatic rings. The summed E-state index contributed by atoms with van der Waals surface area (Å²) in [6.45, 7) is 3.96. The van der Waals surface area contributed by atoms with Crippen LogP contribution in [0, 0.1) is 0 Å². The zero-order valence-electron chi connectivity index (χ0n) is 10.0. The number of hydrogen-bond acceptors (Lipinski definition) is 4. The highest BCUT2D eigenvalue weighted by atomic mass is 16.5. The summed E-state index contributed by atoms with van der Waals surface area (Å²) in [5.41, 5.74) is 7.06. The van der Waals surface area contributed by atoms with Gasteiger partial charge in [-0.05, 0) is 19.3 Å². The first-order chi connectivity index (χ1) is 8.34. The van der Waals surface area contributed by atoms with E-state index in [0.29, 0.717) is 6.54 Å². The van der Waals surface area contributed by atoms with Crippen LogP contribution in [0.1, 0.15) is 25.0 Å². The number of rotatable bonds is 2. The molecule has 17 heavy (non-hydrogen) atoms. The monoisotopic (exact) mass is 237 g/mol. The lowest BCUT2D eigenvalue weighted by atomic mass is 9.78. The zero-order valence-corrected chi connectivity index (χ0v) is 10.0. The molecule has 1 saturated heterocycles. The van der Waals surface area contributed by atoms with E-state index in [2.05, 4.69) is 15.7 Å². The predicted octanol–water partition coefficient (Wildman–Crippen LogP) is 0.672. The fraction of sp³-hybridized carbons (Fsp3) is 0.750. The van der Waals surface area contributed by atoms with Gasteiger partial charge in [-0.1, -0.05) is 0 Å². The van der Waals surface area contributed by atoms with Crippen molar-refractivity contribution in [1.29, 1.82) is 0 Å². The summed E-state index contributed by atoms with van der Waals surface area (Å²) in [7, 11) is 0. The molecule has 5 nitrogen and oxygen atoms in total. The van der Waals surface area contributed by atoms with Crippen molar-refractivity contribution in [3.63, 3.8) is 0 Å². The molecule has 0 radical (unpaired) electrons. The van der Waals surface area contributed by atoms with E-state index in [1.165, 1.54) is 0 Å². The molecule has 3 heterocycles. The van der Waals surface area contributed by atoms with Gasteiger partial charge in [0.15, 0.2) is 0 Å². The van der Waals surface area contributed by atoms with Gasteiger partial charge in [0.1, 0.15) is 0 Å². The van der Waals surface area contributed by atoms with E-state index in [9.17, 15) is 0 Å². The number of imidazole rings is 1. The first kappa shape index (κ1) is 11.0. The lowest BCUT2D eigenvalue weighted by Crippen LogP contribution is -2.40. The SMILES string of the molecule is NCC1(c2cn3c(n2)OCCC3)CCOCC1. The smallest absolute Gasteiger partial charge is 0.296 e. The Morgan fingerprint density at radius 1 is 1.35 bits per heavy atom. The first-order valence-electron chi connectivity index (χ1n) is 6.32. The van der Waals surface area contributed by atoms with Crippen LogP contribution >= 0.6 is 0 Å². The highest BCUT2D eigenvalue weighted by Gasteiger charge is 2.36. The molecule has 0 aliphatic carbocycles. The maximum Gasteiger partial charge on any atom is 0.296 e. The second-order valence-corrected chi connectivity index (χ2v) is 4.90. The fourth-order valence-corrected chi connectivity index (χ4v) is 2.66. The molecule has 94 valence electrons. The molecule has 0 aromatic carbocycles. The van der Waals surface area contributed by atoms with Crippen LogP contribution in [0.2, 0.25) is 0 Å². The Morgan fingerprint density at radius 3 is 2.88 bits per heavy atom. The van der Waals surface area contributed by atoms with Gasteiger partial charge in [0.05, 0.1) is 12.3 Å². The number of hydrogen-bond donors (Lipinski definition) is 1. The van der Waals surface area contributed by atoms with Crippen molar-refractivity contribution < 1.29 is 9.47 Å². The molecule has 1 aromatic rings. The van der Waals surface area contributed by atoms with E-state index in [4.69, 9.17) is 15.2 Å². The summed E-state index contributed by atoms with van der Waals surface area (Å²) < 4.78 is 13.1. The van der Waals surface area contributed by atoms with Crippen molar-refractivity contribution in [3.8, 4) is 6.01 Å². The molecule has 0 atom stereocenters. The van der Waals surface area contributed by atoms with E-state index >= 15 is 0 Å². The molecule has 3 rings (SSSR count). The third-order valence-electron chi connectivity index (χ3n) is 3.90. The van der Waals surface area contributed by atoms with Gasteiger partial charge >= 0.3 is 0 Å². The minimum atomic E-state index is -0.00799. The fourth-order valence-electron chi connectivity index (χ4n) is 2.66. The van der Waals surface area contributed by atoms with E-state index in [0.717, 1.165) is 57.3 Å². The van der Waals surface area contributed by atoms with Crippen LogP contribution in [-0.2, 0) is 16.7 Å². The third-order valence-corrected chi connectivity index (χ3v) is 3.90. The number of aromatic nitrogens is 2. The van der Waals surface area contributed by atoms with Crippen LogP contribution in [0.15, 0.2) is 6.20 Å². The Labute approximate surface area is 101 Å². The van der Waals surface area contributed by atoms with Gasteiger partial charge in [0.2, 0.25) is 0 Å². The van der Waals surface area contributed by atoms with Crippen LogP contribution < -0.4 is 10.5 Å². The van der Waals surface area contributed by atoms with Gasteiger partial charge in [-0.2, -0.15) is 4.98 Å². The summed E-state index contributed by atoms with van der Waals surface area (Å²) in [5, 5.41) is 0. The van der Waals surface area contributed by atoms with Crippen molar-refractivity contribution in [2.75, 3.05) is 26.4 Å². The Bertz CT molecular complexity index is 373. The van der Waals surface area contributed by atoms with E-state index in [1.54, 1.807) is 0 Å². The summed E-state index contributed by atoms with van der Waals surface area (Å²) in [6.07, 6.45) is 5.09. The zero-order chi connectivity index (χ0) is 11.7. The van der Waals surface area contributed by atoms with Crippen molar-refractivity contribution in [1.82, 2.24) is 9.55 Å². The van der Waals surface area contributed by atoms with Gasteiger partial charge in [-0.25, -0.2) is 0 Å². The van der Waals surface area contributed by atoms with Gasteiger partial charge < -0.3 is 19.8 Å².